The van der Waals surface area contributed by atoms with Crippen LogP contribution in [0.2, 0.25) is 0 Å². The van der Waals surface area contributed by atoms with Crippen molar-refractivity contribution < 1.29 is 9.21 Å². The summed E-state index contributed by atoms with van der Waals surface area (Å²) in [5.74, 6) is 1.26. The average Bonchev–Trinajstić information content (AvgIpc) is 2.87. The van der Waals surface area contributed by atoms with Crippen molar-refractivity contribution >= 4 is 21.8 Å². The molecule has 1 amide bonds. The molecule has 0 spiro atoms. The van der Waals surface area contributed by atoms with Gasteiger partial charge in [0.05, 0.1) is 5.69 Å². The van der Waals surface area contributed by atoms with Gasteiger partial charge >= 0.3 is 0 Å². The van der Waals surface area contributed by atoms with Crippen LogP contribution in [-0.2, 0) is 11.2 Å². The molecular formula is C17H22BrN3O2. The number of carbonyl (C=O) groups excluding carboxylic acids is 1. The quantitative estimate of drug-likeness (QED) is 0.807. The van der Waals surface area contributed by atoms with E-state index < -0.39 is 5.54 Å². The molecule has 0 radical (unpaired) electrons. The number of hydrogen-bond donors (Lipinski definition) is 2. The highest BCUT2D eigenvalue weighted by Crippen LogP contribution is 2.26. The first-order valence-electron chi connectivity index (χ1n) is 7.54. The highest BCUT2D eigenvalue weighted by molar-refractivity contribution is 9.10. The SMILES string of the molecule is Cc1nc(CCC(=O)NC(C)(C)CN)oc1-c1ccc(Br)cc1. The van der Waals surface area contributed by atoms with Gasteiger partial charge < -0.3 is 15.5 Å². The molecule has 0 unspecified atom stereocenters. The third-order valence-corrected chi connectivity index (χ3v) is 4.03. The van der Waals surface area contributed by atoms with Crippen LogP contribution in [0.5, 0.6) is 0 Å². The lowest BCUT2D eigenvalue weighted by molar-refractivity contribution is -0.122. The van der Waals surface area contributed by atoms with E-state index in [0.717, 1.165) is 21.5 Å². The summed E-state index contributed by atoms with van der Waals surface area (Å²) in [6.07, 6.45) is 0.785. The number of rotatable bonds is 6. The maximum Gasteiger partial charge on any atom is 0.220 e. The zero-order valence-corrected chi connectivity index (χ0v) is 15.2. The van der Waals surface area contributed by atoms with E-state index in [1.54, 1.807) is 0 Å². The van der Waals surface area contributed by atoms with Crippen molar-refractivity contribution in [1.29, 1.82) is 0 Å². The fourth-order valence-corrected chi connectivity index (χ4v) is 2.40. The van der Waals surface area contributed by atoms with E-state index in [1.165, 1.54) is 0 Å². The molecule has 0 fully saturated rings. The van der Waals surface area contributed by atoms with Crippen LogP contribution in [0.4, 0.5) is 0 Å². The van der Waals surface area contributed by atoms with Gasteiger partial charge in [-0.2, -0.15) is 0 Å². The van der Waals surface area contributed by atoms with Gasteiger partial charge in [0.1, 0.15) is 0 Å². The van der Waals surface area contributed by atoms with E-state index in [0.29, 0.717) is 25.3 Å². The highest BCUT2D eigenvalue weighted by atomic mass is 79.9. The summed E-state index contributed by atoms with van der Waals surface area (Å²) in [5, 5.41) is 2.90. The van der Waals surface area contributed by atoms with E-state index in [2.05, 4.69) is 26.2 Å². The summed E-state index contributed by atoms with van der Waals surface area (Å²) < 4.78 is 6.83. The Morgan fingerprint density at radius 1 is 1.35 bits per heavy atom. The van der Waals surface area contributed by atoms with Gasteiger partial charge in [0.15, 0.2) is 11.7 Å². The fourth-order valence-electron chi connectivity index (χ4n) is 2.14. The van der Waals surface area contributed by atoms with Crippen LogP contribution in [0.1, 0.15) is 31.9 Å². The van der Waals surface area contributed by atoms with Crippen LogP contribution >= 0.6 is 15.9 Å². The number of hydrogen-bond acceptors (Lipinski definition) is 4. The van der Waals surface area contributed by atoms with Gasteiger partial charge in [-0.15, -0.1) is 0 Å². The van der Waals surface area contributed by atoms with Gasteiger partial charge in [-0.25, -0.2) is 4.98 Å². The Labute approximate surface area is 144 Å². The second-order valence-corrected chi connectivity index (χ2v) is 7.08. The summed E-state index contributed by atoms with van der Waals surface area (Å²) >= 11 is 3.41. The maximum atomic E-state index is 11.9. The van der Waals surface area contributed by atoms with Gasteiger partial charge in [0.25, 0.3) is 0 Å². The fraction of sp³-hybridized carbons (Fsp3) is 0.412. The van der Waals surface area contributed by atoms with Crippen molar-refractivity contribution in [3.8, 4) is 11.3 Å². The molecule has 2 aromatic rings. The summed E-state index contributed by atoms with van der Waals surface area (Å²) in [6, 6.07) is 7.86. The molecule has 1 aromatic carbocycles. The number of carbonyl (C=O) groups is 1. The number of oxazole rings is 1. The second-order valence-electron chi connectivity index (χ2n) is 6.17. The number of nitrogens with one attached hydrogen (secondary N) is 1. The molecule has 3 N–H and O–H groups in total. The molecule has 2 rings (SSSR count). The number of aryl methyl sites for hydroxylation is 2. The Hall–Kier alpha value is -1.66. The van der Waals surface area contributed by atoms with Crippen molar-refractivity contribution in [3.63, 3.8) is 0 Å². The Morgan fingerprint density at radius 2 is 2.00 bits per heavy atom. The predicted molar refractivity (Wildman–Crippen MR) is 94.0 cm³/mol. The van der Waals surface area contributed by atoms with E-state index >= 15 is 0 Å². The minimum atomic E-state index is -0.397. The molecule has 0 aliphatic heterocycles. The third kappa shape index (κ3) is 4.91. The molecule has 1 aromatic heterocycles. The van der Waals surface area contributed by atoms with Crippen molar-refractivity contribution in [2.75, 3.05) is 6.54 Å². The van der Waals surface area contributed by atoms with Crippen LogP contribution in [0.25, 0.3) is 11.3 Å². The number of aromatic nitrogens is 1. The van der Waals surface area contributed by atoms with Gasteiger partial charge in [-0.05, 0) is 32.9 Å². The Bertz CT molecular complexity index is 678. The van der Waals surface area contributed by atoms with Gasteiger partial charge in [-0.1, -0.05) is 28.1 Å². The lowest BCUT2D eigenvalue weighted by Gasteiger charge is -2.23. The summed E-state index contributed by atoms with van der Waals surface area (Å²) in [7, 11) is 0. The second kappa shape index (κ2) is 7.27. The van der Waals surface area contributed by atoms with Gasteiger partial charge in [0, 0.05) is 35.0 Å². The molecule has 23 heavy (non-hydrogen) atoms. The maximum absolute atomic E-state index is 11.9. The largest absolute Gasteiger partial charge is 0.440 e. The van der Waals surface area contributed by atoms with Crippen molar-refractivity contribution in [1.82, 2.24) is 10.3 Å². The van der Waals surface area contributed by atoms with Crippen LogP contribution in [0.3, 0.4) is 0 Å². The monoisotopic (exact) mass is 379 g/mol. The molecule has 124 valence electrons. The zero-order chi connectivity index (χ0) is 17.0. The smallest absolute Gasteiger partial charge is 0.220 e. The Balaban J connectivity index is 2.01. The van der Waals surface area contributed by atoms with Crippen molar-refractivity contribution in [3.05, 3.63) is 40.3 Å². The lowest BCUT2D eigenvalue weighted by Crippen LogP contribution is -2.48. The van der Waals surface area contributed by atoms with Crippen molar-refractivity contribution in [2.45, 2.75) is 39.2 Å². The van der Waals surface area contributed by atoms with E-state index in [-0.39, 0.29) is 5.91 Å². The minimum absolute atomic E-state index is 0.0542. The van der Waals surface area contributed by atoms with Crippen LogP contribution in [0, 0.1) is 6.92 Å². The van der Waals surface area contributed by atoms with Crippen LogP contribution < -0.4 is 11.1 Å². The van der Waals surface area contributed by atoms with E-state index in [4.69, 9.17) is 10.2 Å². The third-order valence-electron chi connectivity index (χ3n) is 3.50. The molecule has 0 bridgehead atoms. The van der Waals surface area contributed by atoms with Crippen molar-refractivity contribution in [2.24, 2.45) is 5.73 Å². The van der Waals surface area contributed by atoms with Crippen LogP contribution in [-0.4, -0.2) is 23.0 Å². The van der Waals surface area contributed by atoms with Gasteiger partial charge in [0.2, 0.25) is 5.91 Å². The summed E-state index contributed by atoms with van der Waals surface area (Å²) in [4.78, 5) is 16.4. The first-order chi connectivity index (χ1) is 10.8. The summed E-state index contributed by atoms with van der Waals surface area (Å²) in [6.45, 7) is 6.09. The topological polar surface area (TPSA) is 81.2 Å². The predicted octanol–water partition coefficient (Wildman–Crippen LogP) is 3.20. The first-order valence-corrected chi connectivity index (χ1v) is 8.33. The van der Waals surface area contributed by atoms with Gasteiger partial charge in [-0.3, -0.25) is 4.79 Å². The van der Waals surface area contributed by atoms with E-state index in [9.17, 15) is 4.79 Å². The molecule has 5 nitrogen and oxygen atoms in total. The minimum Gasteiger partial charge on any atom is -0.440 e. The molecule has 0 atom stereocenters. The standard InChI is InChI=1S/C17H22BrN3O2/c1-11-16(12-4-6-13(18)7-5-12)23-15(20-11)9-8-14(22)21-17(2,3)10-19/h4-7H,8-10,19H2,1-3H3,(H,21,22). The first kappa shape index (κ1) is 17.7. The molecule has 1 heterocycles. The Morgan fingerprint density at radius 3 is 2.61 bits per heavy atom. The number of benzene rings is 1. The number of nitrogens with zero attached hydrogens (tertiary/aromatic N) is 1. The lowest BCUT2D eigenvalue weighted by atomic mass is 10.1. The molecule has 0 aliphatic rings. The van der Waals surface area contributed by atoms with E-state index in [1.807, 2.05) is 45.0 Å². The zero-order valence-electron chi connectivity index (χ0n) is 13.6. The molecule has 0 saturated carbocycles. The highest BCUT2D eigenvalue weighted by Gasteiger charge is 2.19. The molecule has 0 saturated heterocycles. The van der Waals surface area contributed by atoms with Crippen LogP contribution in [0.15, 0.2) is 33.2 Å². The summed E-state index contributed by atoms with van der Waals surface area (Å²) in [5.41, 5.74) is 7.01. The Kier molecular flexibility index (Phi) is 5.59. The molecule has 6 heteroatoms. The molecular weight excluding hydrogens is 358 g/mol. The number of halogens is 1. The number of amides is 1. The molecule has 0 aliphatic carbocycles. The number of nitrogens with two attached hydrogens (primary N) is 1. The normalized spacial score (nSPS) is 11.5. The average molecular weight is 380 g/mol.